The Morgan fingerprint density at radius 1 is 1.58 bits per heavy atom. The molecular formula is C14H25N3O2. The SMILES string of the molecule is COCCNCC1CCOC1c1cnn(C(C)C)c1. The number of aromatic nitrogens is 2. The van der Waals surface area contributed by atoms with Crippen LogP contribution in [0.5, 0.6) is 0 Å². The van der Waals surface area contributed by atoms with Crippen molar-refractivity contribution in [1.82, 2.24) is 15.1 Å². The summed E-state index contributed by atoms with van der Waals surface area (Å²) in [4.78, 5) is 0. The van der Waals surface area contributed by atoms with E-state index in [0.717, 1.165) is 32.7 Å². The Morgan fingerprint density at radius 3 is 3.11 bits per heavy atom. The van der Waals surface area contributed by atoms with Gasteiger partial charge in [-0.25, -0.2) is 0 Å². The molecule has 2 unspecified atom stereocenters. The molecule has 0 amide bonds. The molecule has 1 aliphatic heterocycles. The van der Waals surface area contributed by atoms with Crippen molar-refractivity contribution in [2.24, 2.45) is 5.92 Å². The molecule has 1 aromatic heterocycles. The number of nitrogens with zero attached hydrogens (tertiary/aromatic N) is 2. The van der Waals surface area contributed by atoms with Crippen molar-refractivity contribution >= 4 is 0 Å². The molecule has 5 heteroatoms. The maximum absolute atomic E-state index is 5.88. The van der Waals surface area contributed by atoms with Gasteiger partial charge >= 0.3 is 0 Å². The standard InChI is InChI=1S/C14H25N3O2/c1-11(2)17-10-13(9-16-17)14-12(4-6-19-14)8-15-5-7-18-3/h9-12,14-15H,4-8H2,1-3H3. The molecule has 2 atom stereocenters. The van der Waals surface area contributed by atoms with E-state index >= 15 is 0 Å². The van der Waals surface area contributed by atoms with Crippen molar-refractivity contribution in [3.63, 3.8) is 0 Å². The van der Waals surface area contributed by atoms with Crippen LogP contribution < -0.4 is 5.32 Å². The smallest absolute Gasteiger partial charge is 0.0896 e. The quantitative estimate of drug-likeness (QED) is 0.765. The molecule has 0 aromatic carbocycles. The molecule has 1 saturated heterocycles. The normalized spacial score (nSPS) is 23.4. The lowest BCUT2D eigenvalue weighted by atomic mass is 9.97. The Hall–Kier alpha value is -0.910. The van der Waals surface area contributed by atoms with Gasteiger partial charge in [0.2, 0.25) is 0 Å². The number of hydrogen-bond acceptors (Lipinski definition) is 4. The monoisotopic (exact) mass is 267 g/mol. The molecule has 0 saturated carbocycles. The topological polar surface area (TPSA) is 48.3 Å². The predicted octanol–water partition coefficient (Wildman–Crippen LogP) is 1.78. The summed E-state index contributed by atoms with van der Waals surface area (Å²) in [6.07, 6.45) is 5.35. The lowest BCUT2D eigenvalue weighted by molar-refractivity contribution is 0.0897. The fraction of sp³-hybridized carbons (Fsp3) is 0.786. The first-order valence-electron chi connectivity index (χ1n) is 7.07. The Kier molecular flexibility index (Phi) is 5.36. The van der Waals surface area contributed by atoms with E-state index in [1.54, 1.807) is 7.11 Å². The van der Waals surface area contributed by atoms with Crippen LogP contribution in [0.25, 0.3) is 0 Å². The number of nitrogens with one attached hydrogen (secondary N) is 1. The molecule has 5 nitrogen and oxygen atoms in total. The van der Waals surface area contributed by atoms with Gasteiger partial charge in [0.25, 0.3) is 0 Å². The average molecular weight is 267 g/mol. The van der Waals surface area contributed by atoms with Crippen molar-refractivity contribution in [2.45, 2.75) is 32.4 Å². The molecule has 0 spiro atoms. The first-order chi connectivity index (χ1) is 9.22. The van der Waals surface area contributed by atoms with Gasteiger partial charge < -0.3 is 14.8 Å². The van der Waals surface area contributed by atoms with Gasteiger partial charge in [-0.2, -0.15) is 5.10 Å². The molecule has 0 aliphatic carbocycles. The minimum atomic E-state index is 0.183. The lowest BCUT2D eigenvalue weighted by Crippen LogP contribution is -2.27. The summed E-state index contributed by atoms with van der Waals surface area (Å²) in [6.45, 7) is 7.73. The van der Waals surface area contributed by atoms with Crippen molar-refractivity contribution < 1.29 is 9.47 Å². The summed E-state index contributed by atoms with van der Waals surface area (Å²) in [7, 11) is 1.73. The summed E-state index contributed by atoms with van der Waals surface area (Å²) in [5.74, 6) is 0.529. The summed E-state index contributed by atoms with van der Waals surface area (Å²) in [5.41, 5.74) is 1.20. The Balaban J connectivity index is 1.90. The fourth-order valence-corrected chi connectivity index (χ4v) is 2.46. The van der Waals surface area contributed by atoms with Gasteiger partial charge in [-0.15, -0.1) is 0 Å². The van der Waals surface area contributed by atoms with Crippen LogP contribution in [0.2, 0.25) is 0 Å². The van der Waals surface area contributed by atoms with E-state index in [9.17, 15) is 0 Å². The molecule has 19 heavy (non-hydrogen) atoms. The van der Waals surface area contributed by atoms with Crippen LogP contribution in [-0.4, -0.2) is 43.2 Å². The molecule has 0 radical (unpaired) electrons. The van der Waals surface area contributed by atoms with E-state index in [1.807, 2.05) is 10.9 Å². The first kappa shape index (κ1) is 14.5. The van der Waals surface area contributed by atoms with Crippen molar-refractivity contribution in [1.29, 1.82) is 0 Å². The van der Waals surface area contributed by atoms with Crippen LogP contribution in [0.15, 0.2) is 12.4 Å². The van der Waals surface area contributed by atoms with E-state index in [-0.39, 0.29) is 6.10 Å². The number of methoxy groups -OCH3 is 1. The van der Waals surface area contributed by atoms with Crippen molar-refractivity contribution in [3.05, 3.63) is 18.0 Å². The zero-order valence-electron chi connectivity index (χ0n) is 12.1. The third-order valence-electron chi connectivity index (χ3n) is 3.58. The molecule has 108 valence electrons. The summed E-state index contributed by atoms with van der Waals surface area (Å²) in [6, 6.07) is 0.397. The van der Waals surface area contributed by atoms with Gasteiger partial charge in [-0.3, -0.25) is 4.68 Å². The van der Waals surface area contributed by atoms with E-state index in [0.29, 0.717) is 12.0 Å². The Bertz CT molecular complexity index is 379. The van der Waals surface area contributed by atoms with Crippen LogP contribution in [-0.2, 0) is 9.47 Å². The van der Waals surface area contributed by atoms with Crippen LogP contribution in [0.3, 0.4) is 0 Å². The molecule has 1 fully saturated rings. The lowest BCUT2D eigenvalue weighted by Gasteiger charge is -2.17. The zero-order valence-corrected chi connectivity index (χ0v) is 12.1. The van der Waals surface area contributed by atoms with E-state index in [1.165, 1.54) is 5.56 Å². The van der Waals surface area contributed by atoms with Gasteiger partial charge in [0.05, 0.1) is 18.9 Å². The van der Waals surface area contributed by atoms with Crippen LogP contribution in [0, 0.1) is 5.92 Å². The third-order valence-corrected chi connectivity index (χ3v) is 3.58. The highest BCUT2D eigenvalue weighted by atomic mass is 16.5. The minimum Gasteiger partial charge on any atom is -0.383 e. The number of ether oxygens (including phenoxy) is 2. The van der Waals surface area contributed by atoms with E-state index in [4.69, 9.17) is 9.47 Å². The van der Waals surface area contributed by atoms with Gasteiger partial charge in [0, 0.05) is 50.5 Å². The van der Waals surface area contributed by atoms with Crippen LogP contribution in [0.1, 0.15) is 38.0 Å². The Morgan fingerprint density at radius 2 is 2.42 bits per heavy atom. The van der Waals surface area contributed by atoms with Gasteiger partial charge in [-0.05, 0) is 20.3 Å². The second-order valence-corrected chi connectivity index (χ2v) is 5.38. The number of rotatable bonds is 7. The van der Waals surface area contributed by atoms with Gasteiger partial charge in [0.1, 0.15) is 0 Å². The van der Waals surface area contributed by atoms with Gasteiger partial charge in [0.15, 0.2) is 0 Å². The molecule has 1 N–H and O–H groups in total. The largest absolute Gasteiger partial charge is 0.383 e. The second-order valence-electron chi connectivity index (χ2n) is 5.38. The van der Waals surface area contributed by atoms with Gasteiger partial charge in [-0.1, -0.05) is 0 Å². The predicted molar refractivity (Wildman–Crippen MR) is 74.2 cm³/mol. The summed E-state index contributed by atoms with van der Waals surface area (Å²) < 4.78 is 12.9. The molecular weight excluding hydrogens is 242 g/mol. The van der Waals surface area contributed by atoms with Crippen LogP contribution >= 0.6 is 0 Å². The molecule has 1 aromatic rings. The fourth-order valence-electron chi connectivity index (χ4n) is 2.46. The summed E-state index contributed by atoms with van der Waals surface area (Å²) >= 11 is 0. The number of hydrogen-bond donors (Lipinski definition) is 1. The maximum atomic E-state index is 5.88. The minimum absolute atomic E-state index is 0.183. The summed E-state index contributed by atoms with van der Waals surface area (Å²) in [5, 5.41) is 7.83. The van der Waals surface area contributed by atoms with Crippen molar-refractivity contribution in [3.8, 4) is 0 Å². The van der Waals surface area contributed by atoms with E-state index < -0.39 is 0 Å². The molecule has 0 bridgehead atoms. The van der Waals surface area contributed by atoms with Crippen molar-refractivity contribution in [2.75, 3.05) is 33.4 Å². The molecule has 2 rings (SSSR count). The second kappa shape index (κ2) is 7.03. The first-order valence-corrected chi connectivity index (χ1v) is 7.07. The highest BCUT2D eigenvalue weighted by molar-refractivity contribution is 5.11. The molecule has 2 heterocycles. The average Bonchev–Trinajstić information content (AvgIpc) is 3.02. The van der Waals surface area contributed by atoms with Crippen LogP contribution in [0.4, 0.5) is 0 Å². The van der Waals surface area contributed by atoms with E-state index in [2.05, 4.69) is 30.5 Å². The zero-order chi connectivity index (χ0) is 13.7. The highest BCUT2D eigenvalue weighted by Gasteiger charge is 2.30. The third kappa shape index (κ3) is 3.78. The Labute approximate surface area is 115 Å². The molecule has 1 aliphatic rings. The maximum Gasteiger partial charge on any atom is 0.0896 e. The highest BCUT2D eigenvalue weighted by Crippen LogP contribution is 2.34.